The van der Waals surface area contributed by atoms with Gasteiger partial charge in [-0.2, -0.15) is 0 Å². The number of carbonyl (C=O) groups excluding carboxylic acids is 1. The third-order valence-corrected chi connectivity index (χ3v) is 14.9. The lowest BCUT2D eigenvalue weighted by Gasteiger charge is -2.40. The third-order valence-electron chi connectivity index (χ3n) is 14.9. The van der Waals surface area contributed by atoms with Crippen molar-refractivity contribution >= 4 is 5.91 Å². The number of aliphatic hydroxyl groups excluding tert-OH is 5. The maximum absolute atomic E-state index is 13.0. The maximum Gasteiger partial charge on any atom is 0.220 e. The molecule has 0 aromatic rings. The molecule has 1 rings (SSSR count). The molecule has 0 saturated carbocycles. The van der Waals surface area contributed by atoms with Crippen molar-refractivity contribution in [3.8, 4) is 0 Å². The molecule has 69 heavy (non-hydrogen) atoms. The Bertz CT molecular complexity index is 1090. The van der Waals surface area contributed by atoms with Gasteiger partial charge in [0.25, 0.3) is 0 Å². The molecule has 0 radical (unpaired) electrons. The summed E-state index contributed by atoms with van der Waals surface area (Å²) >= 11 is 0. The fourth-order valence-electron chi connectivity index (χ4n) is 10.0. The molecule has 410 valence electrons. The van der Waals surface area contributed by atoms with Gasteiger partial charge in [0.2, 0.25) is 5.91 Å². The van der Waals surface area contributed by atoms with Gasteiger partial charge >= 0.3 is 0 Å². The highest BCUT2D eigenvalue weighted by Crippen LogP contribution is 2.23. The van der Waals surface area contributed by atoms with Gasteiger partial charge in [0.1, 0.15) is 24.4 Å². The molecule has 1 heterocycles. The van der Waals surface area contributed by atoms with Crippen molar-refractivity contribution in [2.75, 3.05) is 13.2 Å². The van der Waals surface area contributed by atoms with Crippen molar-refractivity contribution in [2.45, 2.75) is 352 Å². The Morgan fingerprint density at radius 3 is 1.13 bits per heavy atom. The number of amides is 1. The maximum atomic E-state index is 13.0. The van der Waals surface area contributed by atoms with E-state index in [-0.39, 0.29) is 12.5 Å². The van der Waals surface area contributed by atoms with E-state index in [9.17, 15) is 30.3 Å². The fraction of sp³-hybridized carbons (Fsp3) is 0.950. The summed E-state index contributed by atoms with van der Waals surface area (Å²) in [5.74, 6) is -0.170. The Hall–Kier alpha value is -1.07. The van der Waals surface area contributed by atoms with Crippen LogP contribution in [0.25, 0.3) is 0 Å². The molecule has 0 bridgehead atoms. The van der Waals surface area contributed by atoms with Crippen LogP contribution in [0, 0.1) is 0 Å². The highest BCUT2D eigenvalue weighted by Gasteiger charge is 2.44. The van der Waals surface area contributed by atoms with Crippen LogP contribution in [0.1, 0.15) is 309 Å². The Morgan fingerprint density at radius 1 is 0.478 bits per heavy atom. The van der Waals surface area contributed by atoms with Crippen LogP contribution >= 0.6 is 0 Å². The van der Waals surface area contributed by atoms with E-state index in [0.29, 0.717) is 6.42 Å². The zero-order chi connectivity index (χ0) is 50.1. The minimum absolute atomic E-state index is 0.170. The molecule has 1 saturated heterocycles. The second-order valence-electron chi connectivity index (χ2n) is 21.5. The summed E-state index contributed by atoms with van der Waals surface area (Å²) < 4.78 is 11.3. The third kappa shape index (κ3) is 40.1. The lowest BCUT2D eigenvalue weighted by Crippen LogP contribution is -2.60. The van der Waals surface area contributed by atoms with Crippen molar-refractivity contribution in [2.24, 2.45) is 0 Å². The van der Waals surface area contributed by atoms with Crippen molar-refractivity contribution in [1.82, 2.24) is 5.32 Å². The zero-order valence-electron chi connectivity index (χ0n) is 45.6. The van der Waals surface area contributed by atoms with Gasteiger partial charge in [-0.3, -0.25) is 4.79 Å². The fourth-order valence-corrected chi connectivity index (χ4v) is 10.0. The average molecular weight is 981 g/mol. The van der Waals surface area contributed by atoms with Gasteiger partial charge in [-0.1, -0.05) is 296 Å². The van der Waals surface area contributed by atoms with E-state index in [1.165, 1.54) is 250 Å². The average Bonchev–Trinajstić information content (AvgIpc) is 3.35. The van der Waals surface area contributed by atoms with Crippen LogP contribution in [0.4, 0.5) is 0 Å². The number of unbranched alkanes of at least 4 members (excludes halogenated alkanes) is 43. The normalized spacial score (nSPS) is 19.4. The second-order valence-corrected chi connectivity index (χ2v) is 21.5. The summed E-state index contributed by atoms with van der Waals surface area (Å²) in [4.78, 5) is 13.0. The van der Waals surface area contributed by atoms with Crippen LogP contribution < -0.4 is 5.32 Å². The number of ether oxygens (including phenoxy) is 2. The smallest absolute Gasteiger partial charge is 0.220 e. The number of allylic oxidation sites excluding steroid dienone is 1. The predicted molar refractivity (Wildman–Crippen MR) is 291 cm³/mol. The Morgan fingerprint density at radius 2 is 0.797 bits per heavy atom. The van der Waals surface area contributed by atoms with Crippen LogP contribution in [-0.4, -0.2) is 87.5 Å². The van der Waals surface area contributed by atoms with Gasteiger partial charge in [0.15, 0.2) is 6.29 Å². The number of hydrogen-bond acceptors (Lipinski definition) is 8. The molecular weight excluding hydrogens is 863 g/mol. The number of rotatable bonds is 53. The second kappa shape index (κ2) is 50.5. The highest BCUT2D eigenvalue weighted by molar-refractivity contribution is 5.76. The van der Waals surface area contributed by atoms with Crippen molar-refractivity contribution in [1.29, 1.82) is 0 Å². The summed E-state index contributed by atoms with van der Waals surface area (Å²) in [5.41, 5.74) is 0. The molecule has 9 nitrogen and oxygen atoms in total. The molecule has 1 aliphatic rings. The molecule has 7 atom stereocenters. The molecule has 6 N–H and O–H groups in total. The van der Waals surface area contributed by atoms with Gasteiger partial charge in [0.05, 0.1) is 25.4 Å². The number of nitrogens with one attached hydrogen (secondary N) is 1. The van der Waals surface area contributed by atoms with Gasteiger partial charge in [-0.25, -0.2) is 0 Å². The van der Waals surface area contributed by atoms with Crippen molar-refractivity contribution < 1.29 is 39.8 Å². The minimum atomic E-state index is -1.56. The number of hydrogen-bond donors (Lipinski definition) is 6. The molecule has 1 aliphatic heterocycles. The first kappa shape index (κ1) is 65.9. The SMILES string of the molecule is CCCCCCCCCCCCCC/C=C/[C@@H](O)[C@H](CO[C@@H]1O[C@H](CO)[C@H](O)C(O)C1O)NC(=O)CCCCCCCCCCCCCCCCCCCCCCCCCCCCCCCCCC. The standard InChI is InChI=1S/C60H117NO8/c1-3-5-7-9-11-13-15-17-19-20-21-22-23-24-25-26-27-28-29-30-31-32-33-34-35-36-38-40-42-44-46-48-50-56(64)61-53(52-68-60-59(67)58(66)57(65)55(51-62)69-60)54(63)49-47-45-43-41-39-37-18-16-14-12-10-8-6-4-2/h47,49,53-55,57-60,62-63,65-67H,3-46,48,50-52H2,1-2H3,(H,61,64)/b49-47+/t53-,54+,55+,57-,58?,59?,60+/m0/s1. The molecule has 0 aliphatic carbocycles. The molecule has 0 spiro atoms. The molecule has 1 amide bonds. The first-order valence-corrected chi connectivity index (χ1v) is 30.4. The van der Waals surface area contributed by atoms with Crippen LogP contribution in [-0.2, 0) is 14.3 Å². The molecule has 0 aromatic carbocycles. The summed E-state index contributed by atoms with van der Waals surface area (Å²) in [6.07, 6.45) is 55.9. The van der Waals surface area contributed by atoms with E-state index in [0.717, 1.165) is 38.5 Å². The number of carbonyl (C=O) groups is 1. The zero-order valence-corrected chi connectivity index (χ0v) is 45.6. The van der Waals surface area contributed by atoms with E-state index in [4.69, 9.17) is 9.47 Å². The van der Waals surface area contributed by atoms with E-state index < -0.39 is 49.5 Å². The summed E-state index contributed by atoms with van der Waals surface area (Å²) in [6.45, 7) is 3.81. The summed E-state index contributed by atoms with van der Waals surface area (Å²) in [7, 11) is 0. The van der Waals surface area contributed by atoms with Crippen LogP contribution in [0.2, 0.25) is 0 Å². The first-order chi connectivity index (χ1) is 33.8. The molecule has 9 heteroatoms. The lowest BCUT2D eigenvalue weighted by atomic mass is 9.99. The number of aliphatic hydroxyl groups is 5. The van der Waals surface area contributed by atoms with Gasteiger partial charge < -0.3 is 40.3 Å². The summed E-state index contributed by atoms with van der Waals surface area (Å²) in [6, 6.07) is -0.800. The minimum Gasteiger partial charge on any atom is -0.394 e. The molecular formula is C60H117NO8. The monoisotopic (exact) mass is 980 g/mol. The van der Waals surface area contributed by atoms with Crippen molar-refractivity contribution in [3.63, 3.8) is 0 Å². The predicted octanol–water partition coefficient (Wildman–Crippen LogP) is 15.2. The Kier molecular flexibility index (Phi) is 48.2. The quantitative estimate of drug-likeness (QED) is 0.0261. The van der Waals surface area contributed by atoms with Gasteiger partial charge in [-0.15, -0.1) is 0 Å². The van der Waals surface area contributed by atoms with Crippen LogP contribution in [0.15, 0.2) is 12.2 Å². The van der Waals surface area contributed by atoms with Crippen LogP contribution in [0.3, 0.4) is 0 Å². The molecule has 2 unspecified atom stereocenters. The van der Waals surface area contributed by atoms with E-state index in [1.54, 1.807) is 6.08 Å². The van der Waals surface area contributed by atoms with Gasteiger partial charge in [-0.05, 0) is 19.3 Å². The largest absolute Gasteiger partial charge is 0.394 e. The Labute approximate surface area is 426 Å². The van der Waals surface area contributed by atoms with E-state index in [1.807, 2.05) is 6.08 Å². The van der Waals surface area contributed by atoms with Gasteiger partial charge in [0, 0.05) is 6.42 Å². The summed E-state index contributed by atoms with van der Waals surface area (Å²) in [5, 5.41) is 54.4. The van der Waals surface area contributed by atoms with E-state index >= 15 is 0 Å². The van der Waals surface area contributed by atoms with Crippen LogP contribution in [0.5, 0.6) is 0 Å². The topological polar surface area (TPSA) is 149 Å². The lowest BCUT2D eigenvalue weighted by molar-refractivity contribution is -0.302. The van der Waals surface area contributed by atoms with E-state index in [2.05, 4.69) is 19.2 Å². The highest BCUT2D eigenvalue weighted by atomic mass is 16.7. The Balaban J connectivity index is 2.09. The van der Waals surface area contributed by atoms with Crippen molar-refractivity contribution in [3.05, 3.63) is 12.2 Å². The molecule has 0 aromatic heterocycles. The first-order valence-electron chi connectivity index (χ1n) is 30.4. The molecule has 1 fully saturated rings.